The van der Waals surface area contributed by atoms with Gasteiger partial charge >= 0.3 is 0 Å². The third kappa shape index (κ3) is 3.44. The summed E-state index contributed by atoms with van der Waals surface area (Å²) in [6.07, 6.45) is 5.83. The summed E-state index contributed by atoms with van der Waals surface area (Å²) in [7, 11) is 0. The fourth-order valence-electron chi connectivity index (χ4n) is 3.52. The minimum Gasteiger partial charge on any atom is -0.484 e. The van der Waals surface area contributed by atoms with Gasteiger partial charge < -0.3 is 14.7 Å². The van der Waals surface area contributed by atoms with Gasteiger partial charge in [-0.3, -0.25) is 4.79 Å². The molecule has 1 N–H and O–H groups in total. The van der Waals surface area contributed by atoms with Crippen LogP contribution in [0.1, 0.15) is 48.7 Å². The standard InChI is InChI=1S/C19H24N4O3/c1-13(24)18-11-23(21-20-18)16-9-22(10-16)19(25)12-26-17-7-6-14-4-2-3-5-15(14)8-17/h6-8,11,13,16,24H,2-5,9-10,12H2,1H3. The van der Waals surface area contributed by atoms with Crippen LogP contribution in [0.25, 0.3) is 0 Å². The number of nitrogens with zero attached hydrogens (tertiary/aromatic N) is 4. The van der Waals surface area contributed by atoms with Gasteiger partial charge in [-0.25, -0.2) is 4.68 Å². The van der Waals surface area contributed by atoms with Gasteiger partial charge in [0.25, 0.3) is 5.91 Å². The minimum absolute atomic E-state index is 0.0187. The van der Waals surface area contributed by atoms with E-state index in [0.29, 0.717) is 18.8 Å². The first kappa shape index (κ1) is 17.0. The van der Waals surface area contributed by atoms with E-state index < -0.39 is 6.10 Å². The number of aliphatic hydroxyl groups is 1. The maximum absolute atomic E-state index is 12.3. The van der Waals surface area contributed by atoms with Crippen LogP contribution in [-0.2, 0) is 17.6 Å². The zero-order valence-electron chi connectivity index (χ0n) is 15.0. The van der Waals surface area contributed by atoms with Crippen molar-refractivity contribution >= 4 is 5.91 Å². The van der Waals surface area contributed by atoms with Crippen molar-refractivity contribution in [3.63, 3.8) is 0 Å². The lowest BCUT2D eigenvalue weighted by atomic mass is 9.92. The van der Waals surface area contributed by atoms with Crippen LogP contribution in [0.5, 0.6) is 5.75 Å². The van der Waals surface area contributed by atoms with Crippen molar-refractivity contribution in [3.05, 3.63) is 41.2 Å². The third-order valence-corrected chi connectivity index (χ3v) is 5.23. The van der Waals surface area contributed by atoms with Crippen LogP contribution in [0.4, 0.5) is 0 Å². The normalized spacial score (nSPS) is 18.2. The molecule has 7 nitrogen and oxygen atoms in total. The molecule has 2 aliphatic rings. The molecule has 1 aliphatic carbocycles. The van der Waals surface area contributed by atoms with Crippen molar-refractivity contribution in [2.24, 2.45) is 0 Å². The largest absolute Gasteiger partial charge is 0.484 e. The number of fused-ring (bicyclic) bond motifs is 1. The highest BCUT2D eigenvalue weighted by Gasteiger charge is 2.33. The van der Waals surface area contributed by atoms with Gasteiger partial charge in [0, 0.05) is 13.1 Å². The summed E-state index contributed by atoms with van der Waals surface area (Å²) in [6.45, 7) is 2.90. The van der Waals surface area contributed by atoms with E-state index in [4.69, 9.17) is 4.74 Å². The summed E-state index contributed by atoms with van der Waals surface area (Å²) in [6, 6.07) is 6.28. The Morgan fingerprint density at radius 1 is 1.31 bits per heavy atom. The smallest absolute Gasteiger partial charge is 0.260 e. The van der Waals surface area contributed by atoms with E-state index >= 15 is 0 Å². The fraction of sp³-hybridized carbons (Fsp3) is 0.526. The molecule has 4 rings (SSSR count). The molecular weight excluding hydrogens is 332 g/mol. The molecule has 1 saturated heterocycles. The number of carbonyl (C=O) groups excluding carboxylic acids is 1. The van der Waals surface area contributed by atoms with Crippen LogP contribution in [0.15, 0.2) is 24.4 Å². The predicted molar refractivity (Wildman–Crippen MR) is 94.9 cm³/mol. The van der Waals surface area contributed by atoms with Gasteiger partial charge in [-0.2, -0.15) is 0 Å². The quantitative estimate of drug-likeness (QED) is 0.881. The van der Waals surface area contributed by atoms with E-state index in [-0.39, 0.29) is 18.6 Å². The van der Waals surface area contributed by atoms with Gasteiger partial charge in [0.1, 0.15) is 11.4 Å². The number of aliphatic hydroxyl groups excluding tert-OH is 1. The number of hydrogen-bond acceptors (Lipinski definition) is 5. The summed E-state index contributed by atoms with van der Waals surface area (Å²) in [5.74, 6) is 0.753. The number of rotatable bonds is 5. The first-order chi connectivity index (χ1) is 12.6. The summed E-state index contributed by atoms with van der Waals surface area (Å²) < 4.78 is 7.43. The molecule has 1 fully saturated rings. The first-order valence-electron chi connectivity index (χ1n) is 9.22. The van der Waals surface area contributed by atoms with Gasteiger partial charge in [-0.1, -0.05) is 11.3 Å². The Labute approximate surface area is 152 Å². The molecule has 1 aromatic carbocycles. The maximum atomic E-state index is 12.3. The van der Waals surface area contributed by atoms with Gasteiger partial charge in [-0.15, -0.1) is 5.10 Å². The molecule has 2 aromatic rings. The number of carbonyl (C=O) groups is 1. The summed E-state index contributed by atoms with van der Waals surface area (Å²) in [5, 5.41) is 17.5. The molecule has 1 unspecified atom stereocenters. The topological polar surface area (TPSA) is 80.5 Å². The number of aryl methyl sites for hydroxylation is 2. The number of benzene rings is 1. The third-order valence-electron chi connectivity index (χ3n) is 5.23. The minimum atomic E-state index is -0.633. The fourth-order valence-corrected chi connectivity index (χ4v) is 3.52. The molecule has 0 spiro atoms. The molecule has 2 heterocycles. The van der Waals surface area contributed by atoms with Crippen molar-refractivity contribution < 1.29 is 14.6 Å². The molecular formula is C19H24N4O3. The van der Waals surface area contributed by atoms with Crippen molar-refractivity contribution in [1.82, 2.24) is 19.9 Å². The lowest BCUT2D eigenvalue weighted by Crippen LogP contribution is -2.52. The second kappa shape index (κ2) is 7.07. The Morgan fingerprint density at radius 2 is 2.08 bits per heavy atom. The van der Waals surface area contributed by atoms with E-state index in [0.717, 1.165) is 18.6 Å². The zero-order valence-corrected chi connectivity index (χ0v) is 15.0. The van der Waals surface area contributed by atoms with Crippen molar-refractivity contribution in [2.45, 2.75) is 44.8 Å². The lowest BCUT2D eigenvalue weighted by molar-refractivity contribution is -0.139. The predicted octanol–water partition coefficient (Wildman–Crippen LogP) is 1.67. The van der Waals surface area contributed by atoms with Crippen LogP contribution < -0.4 is 4.74 Å². The number of hydrogen-bond donors (Lipinski definition) is 1. The average molecular weight is 356 g/mol. The number of amides is 1. The molecule has 1 aromatic heterocycles. The summed E-state index contributed by atoms with van der Waals surface area (Å²) >= 11 is 0. The Balaban J connectivity index is 1.27. The monoisotopic (exact) mass is 356 g/mol. The highest BCUT2D eigenvalue weighted by Crippen LogP contribution is 2.26. The SMILES string of the molecule is CC(O)c1cn(C2CN(C(=O)COc3ccc4c(c3)CCCC4)C2)nn1. The van der Waals surface area contributed by atoms with Crippen LogP contribution in [-0.4, -0.2) is 50.6 Å². The molecule has 26 heavy (non-hydrogen) atoms. The van der Waals surface area contributed by atoms with E-state index in [1.807, 2.05) is 6.07 Å². The molecule has 1 atom stereocenters. The average Bonchev–Trinajstić information content (AvgIpc) is 3.08. The van der Waals surface area contributed by atoms with Crippen LogP contribution in [0, 0.1) is 0 Å². The van der Waals surface area contributed by atoms with E-state index in [1.54, 1.807) is 22.7 Å². The lowest BCUT2D eigenvalue weighted by Gasteiger charge is -2.38. The molecule has 1 amide bonds. The van der Waals surface area contributed by atoms with Crippen molar-refractivity contribution in [3.8, 4) is 5.75 Å². The van der Waals surface area contributed by atoms with Gasteiger partial charge in [0.05, 0.1) is 18.3 Å². The Bertz CT molecular complexity index is 796. The molecule has 7 heteroatoms. The second-order valence-corrected chi connectivity index (χ2v) is 7.18. The van der Waals surface area contributed by atoms with Crippen LogP contribution in [0.3, 0.4) is 0 Å². The summed E-state index contributed by atoms with van der Waals surface area (Å²) in [4.78, 5) is 14.1. The first-order valence-corrected chi connectivity index (χ1v) is 9.22. The molecule has 1 aliphatic heterocycles. The van der Waals surface area contributed by atoms with Crippen LogP contribution >= 0.6 is 0 Å². The molecule has 0 radical (unpaired) electrons. The van der Waals surface area contributed by atoms with Gasteiger partial charge in [0.15, 0.2) is 6.61 Å². The molecule has 138 valence electrons. The van der Waals surface area contributed by atoms with Crippen molar-refractivity contribution in [1.29, 1.82) is 0 Å². The van der Waals surface area contributed by atoms with E-state index in [9.17, 15) is 9.90 Å². The highest BCUT2D eigenvalue weighted by atomic mass is 16.5. The highest BCUT2D eigenvalue weighted by molar-refractivity contribution is 5.78. The number of likely N-dealkylation sites (tertiary alicyclic amines) is 1. The van der Waals surface area contributed by atoms with Crippen molar-refractivity contribution in [2.75, 3.05) is 19.7 Å². The maximum Gasteiger partial charge on any atom is 0.260 e. The summed E-state index contributed by atoms with van der Waals surface area (Å²) in [5.41, 5.74) is 3.31. The molecule has 0 saturated carbocycles. The zero-order chi connectivity index (χ0) is 18.1. The molecule has 0 bridgehead atoms. The van der Waals surface area contributed by atoms with E-state index in [2.05, 4.69) is 22.4 Å². The number of aromatic nitrogens is 3. The Morgan fingerprint density at radius 3 is 2.81 bits per heavy atom. The van der Waals surface area contributed by atoms with Gasteiger partial charge in [0.2, 0.25) is 0 Å². The van der Waals surface area contributed by atoms with Crippen LogP contribution in [0.2, 0.25) is 0 Å². The number of ether oxygens (including phenoxy) is 1. The Hall–Kier alpha value is -2.41. The van der Waals surface area contributed by atoms with Gasteiger partial charge in [-0.05, 0) is 55.9 Å². The van der Waals surface area contributed by atoms with E-state index in [1.165, 1.54) is 24.0 Å². The Kier molecular flexibility index (Phi) is 4.63. The second-order valence-electron chi connectivity index (χ2n) is 7.18.